The first-order chi connectivity index (χ1) is 12.3. The maximum atomic E-state index is 12.5. The van der Waals surface area contributed by atoms with E-state index in [1.54, 1.807) is 12.0 Å². The number of rotatable bonds is 4. The molecule has 1 aliphatic heterocycles. The highest BCUT2D eigenvalue weighted by Crippen LogP contribution is 2.34. The Morgan fingerprint density at radius 2 is 2.04 bits per heavy atom. The molecule has 0 spiro atoms. The van der Waals surface area contributed by atoms with E-state index in [0.717, 1.165) is 34.4 Å². The topological polar surface area (TPSA) is 75.8 Å². The van der Waals surface area contributed by atoms with Crippen molar-refractivity contribution < 1.29 is 14.6 Å². The lowest BCUT2D eigenvalue weighted by atomic mass is 9.87. The second-order valence-corrected chi connectivity index (χ2v) is 7.20. The van der Waals surface area contributed by atoms with Gasteiger partial charge in [0, 0.05) is 19.6 Å². The summed E-state index contributed by atoms with van der Waals surface area (Å²) in [4.78, 5) is 14.2. The Hall–Kier alpha value is -2.37. The Morgan fingerprint density at radius 1 is 1.27 bits per heavy atom. The summed E-state index contributed by atoms with van der Waals surface area (Å²) < 4.78 is 5.35. The first-order valence-corrected chi connectivity index (χ1v) is 8.85. The third kappa shape index (κ3) is 3.45. The molecule has 1 aliphatic rings. The van der Waals surface area contributed by atoms with Crippen molar-refractivity contribution >= 4 is 5.91 Å². The number of methoxy groups -OCH3 is 1. The Morgan fingerprint density at radius 3 is 2.69 bits per heavy atom. The van der Waals surface area contributed by atoms with Gasteiger partial charge >= 0.3 is 0 Å². The van der Waals surface area contributed by atoms with E-state index < -0.39 is 5.60 Å². The molecular weight excluding hydrogens is 328 g/mol. The van der Waals surface area contributed by atoms with Crippen molar-refractivity contribution in [3.63, 3.8) is 0 Å². The van der Waals surface area contributed by atoms with Gasteiger partial charge in [-0.2, -0.15) is 0 Å². The summed E-state index contributed by atoms with van der Waals surface area (Å²) in [6.07, 6.45) is 0.734. The molecule has 5 heteroatoms. The van der Waals surface area contributed by atoms with Crippen LogP contribution >= 0.6 is 0 Å². The highest BCUT2D eigenvalue weighted by molar-refractivity contribution is 5.84. The van der Waals surface area contributed by atoms with Gasteiger partial charge in [0.15, 0.2) is 0 Å². The van der Waals surface area contributed by atoms with Gasteiger partial charge in [0.05, 0.1) is 7.11 Å². The minimum absolute atomic E-state index is 0.252. The van der Waals surface area contributed by atoms with E-state index in [1.807, 2.05) is 24.3 Å². The summed E-state index contributed by atoms with van der Waals surface area (Å²) in [6, 6.07) is 12.1. The molecule has 1 heterocycles. The molecular formula is C21H26N2O3. The van der Waals surface area contributed by atoms with Crippen LogP contribution in [0.15, 0.2) is 36.4 Å². The van der Waals surface area contributed by atoms with E-state index in [9.17, 15) is 9.90 Å². The number of ether oxygens (including phenoxy) is 1. The van der Waals surface area contributed by atoms with Gasteiger partial charge in [0.1, 0.15) is 11.4 Å². The summed E-state index contributed by atoms with van der Waals surface area (Å²) in [7, 11) is 1.66. The van der Waals surface area contributed by atoms with Crippen molar-refractivity contribution in [3.05, 3.63) is 53.1 Å². The highest BCUT2D eigenvalue weighted by Gasteiger charge is 2.32. The first-order valence-electron chi connectivity index (χ1n) is 8.85. The van der Waals surface area contributed by atoms with Gasteiger partial charge in [0.25, 0.3) is 5.91 Å². The van der Waals surface area contributed by atoms with E-state index in [-0.39, 0.29) is 5.91 Å². The summed E-state index contributed by atoms with van der Waals surface area (Å²) in [6.45, 7) is 4.54. The Kier molecular flexibility index (Phi) is 5.03. The zero-order chi connectivity index (χ0) is 18.9. The fourth-order valence-electron chi connectivity index (χ4n) is 3.55. The van der Waals surface area contributed by atoms with Crippen LogP contribution in [-0.4, -0.2) is 35.2 Å². The van der Waals surface area contributed by atoms with E-state index in [4.69, 9.17) is 10.5 Å². The number of nitrogens with zero attached hydrogens (tertiary/aromatic N) is 1. The van der Waals surface area contributed by atoms with Crippen LogP contribution in [0.4, 0.5) is 0 Å². The average molecular weight is 354 g/mol. The van der Waals surface area contributed by atoms with Gasteiger partial charge in [-0.15, -0.1) is 0 Å². The Balaban J connectivity index is 2.04. The molecule has 0 aliphatic carbocycles. The fourth-order valence-corrected chi connectivity index (χ4v) is 3.55. The van der Waals surface area contributed by atoms with Crippen LogP contribution in [0.2, 0.25) is 0 Å². The predicted octanol–water partition coefficient (Wildman–Crippen LogP) is 2.48. The van der Waals surface area contributed by atoms with Crippen molar-refractivity contribution in [2.75, 3.05) is 13.7 Å². The van der Waals surface area contributed by atoms with E-state index in [2.05, 4.69) is 12.1 Å². The number of hydrogen-bond acceptors (Lipinski definition) is 4. The number of benzene rings is 2. The van der Waals surface area contributed by atoms with Crippen molar-refractivity contribution in [2.24, 2.45) is 5.73 Å². The van der Waals surface area contributed by atoms with Crippen LogP contribution in [-0.2, 0) is 24.3 Å². The molecule has 0 aromatic heterocycles. The first kappa shape index (κ1) is 18.4. The van der Waals surface area contributed by atoms with E-state index in [0.29, 0.717) is 19.6 Å². The quantitative estimate of drug-likeness (QED) is 0.884. The van der Waals surface area contributed by atoms with Crippen molar-refractivity contribution in [1.82, 2.24) is 4.90 Å². The zero-order valence-corrected chi connectivity index (χ0v) is 15.6. The Bertz CT molecular complexity index is 824. The maximum Gasteiger partial charge on any atom is 0.254 e. The average Bonchev–Trinajstić information content (AvgIpc) is 2.65. The third-order valence-electron chi connectivity index (χ3n) is 4.92. The number of nitrogens with two attached hydrogens (primary N) is 1. The second kappa shape index (κ2) is 7.09. The minimum Gasteiger partial charge on any atom is -0.497 e. The maximum absolute atomic E-state index is 12.5. The number of fused-ring (bicyclic) bond motifs is 1. The van der Waals surface area contributed by atoms with Gasteiger partial charge in [-0.25, -0.2) is 0 Å². The molecule has 2 aromatic rings. The monoisotopic (exact) mass is 354 g/mol. The van der Waals surface area contributed by atoms with Crippen LogP contribution in [0.25, 0.3) is 11.1 Å². The fraction of sp³-hybridized carbons (Fsp3) is 0.381. The van der Waals surface area contributed by atoms with Crippen LogP contribution in [0.5, 0.6) is 5.75 Å². The van der Waals surface area contributed by atoms with Crippen molar-refractivity contribution in [2.45, 2.75) is 39.0 Å². The molecule has 3 rings (SSSR count). The molecule has 1 amide bonds. The van der Waals surface area contributed by atoms with Crippen LogP contribution in [0, 0.1) is 0 Å². The standard InChI is InChI=1S/C21H26N2O3/c1-21(2,25)20(24)23-10-9-18-17(8-7-15(12-22)19(18)13-23)14-5-4-6-16(11-14)26-3/h4-8,11,25H,9-10,12-13,22H2,1-3H3. The van der Waals surface area contributed by atoms with Crippen LogP contribution < -0.4 is 10.5 Å². The highest BCUT2D eigenvalue weighted by atomic mass is 16.5. The molecule has 3 N–H and O–H groups in total. The van der Waals surface area contributed by atoms with Crippen molar-refractivity contribution in [3.8, 4) is 16.9 Å². The molecule has 26 heavy (non-hydrogen) atoms. The lowest BCUT2D eigenvalue weighted by Crippen LogP contribution is -2.47. The van der Waals surface area contributed by atoms with Gasteiger partial charge in [-0.1, -0.05) is 24.3 Å². The number of hydrogen-bond donors (Lipinski definition) is 2. The molecule has 0 saturated carbocycles. The largest absolute Gasteiger partial charge is 0.497 e. The van der Waals surface area contributed by atoms with E-state index >= 15 is 0 Å². The molecule has 0 bridgehead atoms. The lowest BCUT2D eigenvalue weighted by molar-refractivity contribution is -0.148. The summed E-state index contributed by atoms with van der Waals surface area (Å²) in [5, 5.41) is 10.1. The van der Waals surface area contributed by atoms with E-state index in [1.165, 1.54) is 19.4 Å². The van der Waals surface area contributed by atoms with Gasteiger partial charge in [0.2, 0.25) is 0 Å². The summed E-state index contributed by atoms with van der Waals surface area (Å²) >= 11 is 0. The van der Waals surface area contributed by atoms with Gasteiger partial charge in [-0.05, 0) is 60.2 Å². The smallest absolute Gasteiger partial charge is 0.254 e. The predicted molar refractivity (Wildman–Crippen MR) is 102 cm³/mol. The van der Waals surface area contributed by atoms with Crippen molar-refractivity contribution in [1.29, 1.82) is 0 Å². The minimum atomic E-state index is -1.37. The molecule has 0 unspecified atom stereocenters. The number of aliphatic hydroxyl groups is 1. The van der Waals surface area contributed by atoms with Crippen LogP contribution in [0.3, 0.4) is 0 Å². The lowest BCUT2D eigenvalue weighted by Gasteiger charge is -2.35. The molecule has 2 aromatic carbocycles. The van der Waals surface area contributed by atoms with Gasteiger partial charge < -0.3 is 20.5 Å². The molecule has 5 nitrogen and oxygen atoms in total. The Labute approximate surface area is 154 Å². The number of carbonyl (C=O) groups excluding carboxylic acids is 1. The zero-order valence-electron chi connectivity index (χ0n) is 15.6. The summed E-state index contributed by atoms with van der Waals surface area (Å²) in [5.41, 5.74) is 10.2. The summed E-state index contributed by atoms with van der Waals surface area (Å²) in [5.74, 6) is 0.562. The second-order valence-electron chi connectivity index (χ2n) is 7.20. The molecule has 0 fully saturated rings. The molecule has 0 atom stereocenters. The molecule has 0 radical (unpaired) electrons. The van der Waals surface area contributed by atoms with Gasteiger partial charge in [-0.3, -0.25) is 4.79 Å². The molecule has 138 valence electrons. The normalized spacial score (nSPS) is 14.1. The third-order valence-corrected chi connectivity index (χ3v) is 4.92. The van der Waals surface area contributed by atoms with Crippen LogP contribution in [0.1, 0.15) is 30.5 Å². The number of amides is 1. The SMILES string of the molecule is COc1cccc(-c2ccc(CN)c3c2CCN(C(=O)C(C)(C)O)C3)c1. The number of carbonyl (C=O) groups is 1. The molecule has 0 saturated heterocycles.